The molecular formula is C31H44N4O6. The number of carbonyl (C=O) groups excluding carboxylic acids is 4. The van der Waals surface area contributed by atoms with Crippen LogP contribution in [-0.2, 0) is 19.1 Å². The van der Waals surface area contributed by atoms with E-state index >= 15 is 0 Å². The number of primary amides is 1. The number of amides is 4. The van der Waals surface area contributed by atoms with Crippen molar-refractivity contribution < 1.29 is 29.0 Å². The molecule has 2 rings (SSSR count). The average molecular weight is 569 g/mol. The molecule has 0 aliphatic carbocycles. The van der Waals surface area contributed by atoms with Crippen LogP contribution in [0, 0.1) is 6.92 Å². The SMILES string of the molecule is CCCCCCCN(C(=O)C(CC(N)=O)NC(=O)OC(C)(C)C)C(C(=O)Nc1ccccc1C)c1ccccc1O. The van der Waals surface area contributed by atoms with Crippen molar-refractivity contribution in [3.8, 4) is 5.75 Å². The Morgan fingerprint density at radius 2 is 1.61 bits per heavy atom. The third-order valence-corrected chi connectivity index (χ3v) is 6.37. The van der Waals surface area contributed by atoms with Crippen LogP contribution in [0.15, 0.2) is 48.5 Å². The summed E-state index contributed by atoms with van der Waals surface area (Å²) in [6.45, 7) is 9.08. The third-order valence-electron chi connectivity index (χ3n) is 6.37. The number of ether oxygens (including phenoxy) is 1. The molecule has 0 aliphatic heterocycles. The Hall–Kier alpha value is -4.08. The van der Waals surface area contributed by atoms with Gasteiger partial charge in [-0.15, -0.1) is 0 Å². The first-order valence-corrected chi connectivity index (χ1v) is 14.1. The van der Waals surface area contributed by atoms with Crippen molar-refractivity contribution in [1.82, 2.24) is 10.2 Å². The lowest BCUT2D eigenvalue weighted by molar-refractivity contribution is -0.142. The van der Waals surface area contributed by atoms with Crippen molar-refractivity contribution in [2.24, 2.45) is 5.73 Å². The van der Waals surface area contributed by atoms with Crippen LogP contribution < -0.4 is 16.4 Å². The topological polar surface area (TPSA) is 151 Å². The Morgan fingerprint density at radius 1 is 0.976 bits per heavy atom. The molecule has 10 nitrogen and oxygen atoms in total. The Labute approximate surface area is 242 Å². The first-order valence-electron chi connectivity index (χ1n) is 14.1. The molecule has 10 heteroatoms. The highest BCUT2D eigenvalue weighted by Crippen LogP contribution is 2.31. The summed E-state index contributed by atoms with van der Waals surface area (Å²) in [7, 11) is 0. The number of para-hydroxylation sites is 2. The van der Waals surface area contributed by atoms with Crippen LogP contribution in [0.3, 0.4) is 0 Å². The van der Waals surface area contributed by atoms with Crippen molar-refractivity contribution >= 4 is 29.5 Å². The molecule has 0 radical (unpaired) electrons. The van der Waals surface area contributed by atoms with E-state index < -0.39 is 47.9 Å². The van der Waals surface area contributed by atoms with E-state index in [1.807, 2.05) is 19.1 Å². The van der Waals surface area contributed by atoms with Gasteiger partial charge in [-0.25, -0.2) is 4.79 Å². The van der Waals surface area contributed by atoms with Gasteiger partial charge in [0.05, 0.1) is 6.42 Å². The van der Waals surface area contributed by atoms with Gasteiger partial charge in [-0.3, -0.25) is 14.4 Å². The number of rotatable bonds is 14. The number of hydrogen-bond donors (Lipinski definition) is 4. The molecule has 2 aromatic carbocycles. The van der Waals surface area contributed by atoms with Crippen molar-refractivity contribution in [2.75, 3.05) is 11.9 Å². The quantitative estimate of drug-likeness (QED) is 0.237. The number of carbonyl (C=O) groups is 4. The third kappa shape index (κ3) is 10.8. The number of phenols is 1. The lowest BCUT2D eigenvalue weighted by Gasteiger charge is -2.34. The molecule has 0 aliphatic rings. The van der Waals surface area contributed by atoms with Gasteiger partial charge in [0.2, 0.25) is 11.8 Å². The van der Waals surface area contributed by atoms with E-state index in [1.54, 1.807) is 51.1 Å². The van der Waals surface area contributed by atoms with E-state index in [4.69, 9.17) is 10.5 Å². The number of alkyl carbamates (subject to hydrolysis) is 1. The van der Waals surface area contributed by atoms with Gasteiger partial charge in [0.25, 0.3) is 5.91 Å². The Bertz CT molecular complexity index is 1190. The van der Waals surface area contributed by atoms with Gasteiger partial charge in [-0.2, -0.15) is 0 Å². The van der Waals surface area contributed by atoms with Crippen molar-refractivity contribution in [3.05, 3.63) is 59.7 Å². The number of unbranched alkanes of at least 4 members (excludes halogenated alkanes) is 4. The van der Waals surface area contributed by atoms with Gasteiger partial charge in [-0.05, 0) is 51.8 Å². The molecule has 4 amide bonds. The van der Waals surface area contributed by atoms with E-state index in [2.05, 4.69) is 17.6 Å². The van der Waals surface area contributed by atoms with Crippen molar-refractivity contribution in [2.45, 2.75) is 90.8 Å². The zero-order valence-electron chi connectivity index (χ0n) is 24.7. The van der Waals surface area contributed by atoms with Crippen LogP contribution >= 0.6 is 0 Å². The molecule has 0 heterocycles. The molecule has 0 bridgehead atoms. The highest BCUT2D eigenvalue weighted by molar-refractivity contribution is 6.00. The largest absolute Gasteiger partial charge is 0.508 e. The summed E-state index contributed by atoms with van der Waals surface area (Å²) < 4.78 is 5.32. The second-order valence-electron chi connectivity index (χ2n) is 11.1. The number of aryl methyl sites for hydroxylation is 1. The molecule has 2 atom stereocenters. The minimum atomic E-state index is -1.39. The molecule has 0 fully saturated rings. The molecule has 0 saturated heterocycles. The van der Waals surface area contributed by atoms with Crippen LogP contribution in [0.2, 0.25) is 0 Å². The smallest absolute Gasteiger partial charge is 0.408 e. The minimum Gasteiger partial charge on any atom is -0.508 e. The van der Waals surface area contributed by atoms with E-state index in [-0.39, 0.29) is 17.9 Å². The number of anilines is 1. The normalized spacial score (nSPS) is 12.6. The maximum atomic E-state index is 14.1. The number of nitrogens with zero attached hydrogens (tertiary/aromatic N) is 1. The van der Waals surface area contributed by atoms with Gasteiger partial charge in [0.1, 0.15) is 23.4 Å². The molecule has 0 spiro atoms. The number of nitrogens with two attached hydrogens (primary N) is 1. The molecule has 2 unspecified atom stereocenters. The van der Waals surface area contributed by atoms with Crippen LogP contribution in [0.1, 0.15) is 83.4 Å². The first-order chi connectivity index (χ1) is 19.3. The van der Waals surface area contributed by atoms with Gasteiger partial charge < -0.3 is 31.1 Å². The molecule has 0 aromatic heterocycles. The van der Waals surface area contributed by atoms with E-state index in [1.165, 1.54) is 11.0 Å². The minimum absolute atomic E-state index is 0.133. The lowest BCUT2D eigenvalue weighted by Crippen LogP contribution is -2.53. The number of nitrogens with one attached hydrogen (secondary N) is 2. The van der Waals surface area contributed by atoms with Gasteiger partial charge in [0.15, 0.2) is 0 Å². The summed E-state index contributed by atoms with van der Waals surface area (Å²) in [5.41, 5.74) is 6.17. The van der Waals surface area contributed by atoms with Crippen LogP contribution in [0.4, 0.5) is 10.5 Å². The zero-order chi connectivity index (χ0) is 30.6. The molecule has 224 valence electrons. The van der Waals surface area contributed by atoms with E-state index in [0.29, 0.717) is 12.1 Å². The fourth-order valence-corrected chi connectivity index (χ4v) is 4.39. The molecule has 0 saturated carbocycles. The van der Waals surface area contributed by atoms with E-state index in [9.17, 15) is 24.3 Å². The maximum absolute atomic E-state index is 14.1. The number of hydrogen-bond acceptors (Lipinski definition) is 6. The monoisotopic (exact) mass is 568 g/mol. The highest BCUT2D eigenvalue weighted by atomic mass is 16.6. The van der Waals surface area contributed by atoms with E-state index in [0.717, 1.165) is 31.2 Å². The second kappa shape index (κ2) is 15.6. The van der Waals surface area contributed by atoms with Gasteiger partial charge in [-0.1, -0.05) is 69.0 Å². The zero-order valence-corrected chi connectivity index (χ0v) is 24.7. The summed E-state index contributed by atoms with van der Waals surface area (Å²) >= 11 is 0. The average Bonchev–Trinajstić information content (AvgIpc) is 2.88. The summed E-state index contributed by atoms with van der Waals surface area (Å²) in [5, 5.41) is 16.2. The Balaban J connectivity index is 2.55. The van der Waals surface area contributed by atoms with Crippen LogP contribution in [0.25, 0.3) is 0 Å². The standard InChI is InChI=1S/C31H44N4O6/c1-6-7-8-9-14-19-35(29(39)24(20-26(32)37)34-30(40)41-31(3,4)5)27(22-16-11-13-18-25(22)36)28(38)33-23-17-12-10-15-21(23)2/h10-13,15-18,24,27,36H,6-9,14,19-20H2,1-5H3,(H2,32,37)(H,33,38)(H,34,40). The number of phenolic OH excluding ortho intramolecular Hbond substituents is 1. The van der Waals surface area contributed by atoms with Gasteiger partial charge >= 0.3 is 6.09 Å². The molecule has 2 aromatic rings. The second-order valence-corrected chi connectivity index (χ2v) is 11.1. The number of benzene rings is 2. The first kappa shape index (κ1) is 33.1. The van der Waals surface area contributed by atoms with Crippen LogP contribution in [0.5, 0.6) is 5.75 Å². The predicted octanol–water partition coefficient (Wildman–Crippen LogP) is 4.95. The lowest BCUT2D eigenvalue weighted by atomic mass is 10.00. The van der Waals surface area contributed by atoms with Crippen molar-refractivity contribution in [1.29, 1.82) is 0 Å². The maximum Gasteiger partial charge on any atom is 0.408 e. The molecule has 41 heavy (non-hydrogen) atoms. The summed E-state index contributed by atoms with van der Waals surface area (Å²) in [6, 6.07) is 10.8. The fourth-order valence-electron chi connectivity index (χ4n) is 4.39. The Morgan fingerprint density at radius 3 is 2.22 bits per heavy atom. The number of aromatic hydroxyl groups is 1. The Kier molecular flexibility index (Phi) is 12.6. The highest BCUT2D eigenvalue weighted by Gasteiger charge is 2.38. The van der Waals surface area contributed by atoms with Crippen molar-refractivity contribution in [3.63, 3.8) is 0 Å². The van der Waals surface area contributed by atoms with Crippen LogP contribution in [-0.4, -0.2) is 52.0 Å². The predicted molar refractivity (Wildman–Crippen MR) is 158 cm³/mol. The summed E-state index contributed by atoms with van der Waals surface area (Å²) in [5.74, 6) is -2.24. The van der Waals surface area contributed by atoms with Gasteiger partial charge in [0, 0.05) is 17.8 Å². The summed E-state index contributed by atoms with van der Waals surface area (Å²) in [4.78, 5) is 54.0. The molecular weight excluding hydrogens is 524 g/mol. The fraction of sp³-hybridized carbons (Fsp3) is 0.484. The summed E-state index contributed by atoms with van der Waals surface area (Å²) in [6.07, 6.45) is 2.95. The molecule has 5 N–H and O–H groups in total.